The summed E-state index contributed by atoms with van der Waals surface area (Å²) in [4.78, 5) is 10.00. The molecule has 0 heterocycles. The summed E-state index contributed by atoms with van der Waals surface area (Å²) in [5.41, 5.74) is 0. The first-order valence-electron chi connectivity index (χ1n) is 3.92. The van der Waals surface area contributed by atoms with Crippen LogP contribution in [0, 0.1) is 0 Å². The fourth-order valence-electron chi connectivity index (χ4n) is 0.820. The molecular weight excluding hydrogens is 196 g/mol. The molecule has 0 amide bonds. The Morgan fingerprint density at radius 1 is 0.929 bits per heavy atom. The minimum absolute atomic E-state index is 0.0219. The summed E-state index contributed by atoms with van der Waals surface area (Å²) in [7, 11) is 0. The number of aliphatic hydroxyl groups excluding tert-OH is 6. The highest BCUT2D eigenvalue weighted by atomic mass is 16.4. The summed E-state index contributed by atoms with van der Waals surface area (Å²) in [5.74, 6) is 0. The van der Waals surface area contributed by atoms with E-state index in [1.165, 1.54) is 0 Å². The Labute approximate surface area is 79.9 Å². The molecule has 84 valence electrons. The molecule has 0 saturated carbocycles. The number of aldehydes is 1. The molecule has 0 aliphatic carbocycles. The fraction of sp³-hybridized carbons (Fsp3) is 0.857. The average Bonchev–Trinajstić information content (AvgIpc) is 2.23. The van der Waals surface area contributed by atoms with Crippen molar-refractivity contribution >= 4 is 6.29 Å². The van der Waals surface area contributed by atoms with Crippen molar-refractivity contribution in [2.75, 3.05) is 6.61 Å². The third-order valence-electron chi connectivity index (χ3n) is 1.77. The molecule has 0 aromatic carbocycles. The molecule has 0 bridgehead atoms. The van der Waals surface area contributed by atoms with Crippen molar-refractivity contribution in [2.45, 2.75) is 30.5 Å². The highest BCUT2D eigenvalue weighted by molar-refractivity contribution is 5.56. The lowest BCUT2D eigenvalue weighted by Crippen LogP contribution is -2.50. The monoisotopic (exact) mass is 210 g/mol. The quantitative estimate of drug-likeness (QED) is 0.245. The number of carbonyl (C=O) groups is 1. The topological polar surface area (TPSA) is 138 Å². The number of hydrogen-bond donors (Lipinski definition) is 6. The highest BCUT2D eigenvalue weighted by Crippen LogP contribution is 2.07. The van der Waals surface area contributed by atoms with Crippen molar-refractivity contribution in [1.82, 2.24) is 0 Å². The minimum Gasteiger partial charge on any atom is -0.394 e. The maximum atomic E-state index is 10.00. The zero-order valence-electron chi connectivity index (χ0n) is 7.26. The summed E-state index contributed by atoms with van der Waals surface area (Å²) >= 11 is 0. The summed E-state index contributed by atoms with van der Waals surface area (Å²) in [6, 6.07) is 0. The maximum absolute atomic E-state index is 10.00. The molecule has 0 radical (unpaired) electrons. The molecule has 0 aliphatic rings. The van der Waals surface area contributed by atoms with E-state index in [1.54, 1.807) is 0 Å². The average molecular weight is 210 g/mol. The number of rotatable bonds is 6. The van der Waals surface area contributed by atoms with Crippen LogP contribution in [0.25, 0.3) is 0 Å². The Kier molecular flexibility index (Phi) is 5.77. The van der Waals surface area contributed by atoms with Gasteiger partial charge in [0.15, 0.2) is 6.29 Å². The predicted octanol–water partition coefficient (Wildman–Crippen LogP) is -4.02. The Hall–Kier alpha value is -0.570. The first-order valence-corrected chi connectivity index (χ1v) is 3.92. The molecular formula is C7H14O7. The smallest absolute Gasteiger partial charge is 0.151 e. The van der Waals surface area contributed by atoms with Crippen LogP contribution in [0.4, 0.5) is 0 Å². The third-order valence-corrected chi connectivity index (χ3v) is 1.77. The van der Waals surface area contributed by atoms with Crippen LogP contribution in [0.5, 0.6) is 0 Å². The van der Waals surface area contributed by atoms with Gasteiger partial charge in [-0.05, 0) is 0 Å². The van der Waals surface area contributed by atoms with E-state index in [0.29, 0.717) is 0 Å². The van der Waals surface area contributed by atoms with Gasteiger partial charge in [-0.1, -0.05) is 0 Å². The van der Waals surface area contributed by atoms with Crippen molar-refractivity contribution < 1.29 is 35.4 Å². The third kappa shape index (κ3) is 3.29. The van der Waals surface area contributed by atoms with Crippen molar-refractivity contribution in [3.8, 4) is 0 Å². The molecule has 14 heavy (non-hydrogen) atoms. The van der Waals surface area contributed by atoms with E-state index in [2.05, 4.69) is 0 Å². The SMILES string of the molecule is O=C[C@@H](O)[C@H](O)[C@H](O)[C@@H](O)[C@@H](O)CO. The second-order valence-corrected chi connectivity index (χ2v) is 2.85. The van der Waals surface area contributed by atoms with Gasteiger partial charge in [0.25, 0.3) is 0 Å². The van der Waals surface area contributed by atoms with Crippen LogP contribution in [0.2, 0.25) is 0 Å². The number of aliphatic hydroxyl groups is 6. The van der Waals surface area contributed by atoms with E-state index < -0.39 is 37.1 Å². The van der Waals surface area contributed by atoms with Crippen LogP contribution < -0.4 is 0 Å². The molecule has 0 fully saturated rings. The van der Waals surface area contributed by atoms with E-state index in [4.69, 9.17) is 30.6 Å². The summed E-state index contributed by atoms with van der Waals surface area (Å²) in [6.45, 7) is -0.817. The Morgan fingerprint density at radius 3 is 1.79 bits per heavy atom. The van der Waals surface area contributed by atoms with Gasteiger partial charge in [-0.25, -0.2) is 0 Å². The van der Waals surface area contributed by atoms with Crippen molar-refractivity contribution in [3.05, 3.63) is 0 Å². The highest BCUT2D eigenvalue weighted by Gasteiger charge is 2.33. The van der Waals surface area contributed by atoms with Gasteiger partial charge in [0.05, 0.1) is 6.61 Å². The molecule has 0 spiro atoms. The van der Waals surface area contributed by atoms with E-state index in [-0.39, 0.29) is 6.29 Å². The largest absolute Gasteiger partial charge is 0.394 e. The Balaban J connectivity index is 4.29. The summed E-state index contributed by atoms with van der Waals surface area (Å²) < 4.78 is 0. The second kappa shape index (κ2) is 6.02. The molecule has 0 unspecified atom stereocenters. The summed E-state index contributed by atoms with van der Waals surface area (Å²) in [5, 5.41) is 53.2. The molecule has 7 heteroatoms. The van der Waals surface area contributed by atoms with Gasteiger partial charge >= 0.3 is 0 Å². The van der Waals surface area contributed by atoms with Crippen molar-refractivity contribution in [2.24, 2.45) is 0 Å². The van der Waals surface area contributed by atoms with Crippen LogP contribution >= 0.6 is 0 Å². The maximum Gasteiger partial charge on any atom is 0.151 e. The molecule has 0 rings (SSSR count). The van der Waals surface area contributed by atoms with Gasteiger partial charge in [-0.2, -0.15) is 0 Å². The lowest BCUT2D eigenvalue weighted by molar-refractivity contribution is -0.147. The molecule has 7 nitrogen and oxygen atoms in total. The number of hydrogen-bond acceptors (Lipinski definition) is 7. The first kappa shape index (κ1) is 13.4. The Morgan fingerprint density at radius 2 is 1.43 bits per heavy atom. The molecule has 6 N–H and O–H groups in total. The molecule has 5 atom stereocenters. The molecule has 0 aromatic rings. The van der Waals surface area contributed by atoms with Gasteiger partial charge in [0.2, 0.25) is 0 Å². The molecule has 0 aliphatic heterocycles. The van der Waals surface area contributed by atoms with Crippen LogP contribution in [0.3, 0.4) is 0 Å². The van der Waals surface area contributed by atoms with Gasteiger partial charge in [-0.3, -0.25) is 0 Å². The Bertz CT molecular complexity index is 173. The lowest BCUT2D eigenvalue weighted by atomic mass is 10.0. The standard InChI is InChI=1S/C7H14O7/c8-1-3(10)5(12)7(14)6(13)4(11)2-9/h1,3-7,9-14H,2H2/t3-,4+,5+,6+,7+/m1/s1. The van der Waals surface area contributed by atoms with Gasteiger partial charge in [0, 0.05) is 0 Å². The van der Waals surface area contributed by atoms with E-state index in [9.17, 15) is 4.79 Å². The fourth-order valence-corrected chi connectivity index (χ4v) is 0.820. The second-order valence-electron chi connectivity index (χ2n) is 2.85. The summed E-state index contributed by atoms with van der Waals surface area (Å²) in [6.07, 6.45) is -9.21. The van der Waals surface area contributed by atoms with Gasteiger partial charge < -0.3 is 35.4 Å². The minimum atomic E-state index is -1.92. The van der Waals surface area contributed by atoms with E-state index >= 15 is 0 Å². The van der Waals surface area contributed by atoms with Crippen LogP contribution in [0.1, 0.15) is 0 Å². The predicted molar refractivity (Wildman–Crippen MR) is 43.2 cm³/mol. The normalized spacial score (nSPS) is 22.1. The lowest BCUT2D eigenvalue weighted by Gasteiger charge is -2.26. The van der Waals surface area contributed by atoms with E-state index in [0.717, 1.165) is 0 Å². The zero-order chi connectivity index (χ0) is 11.3. The van der Waals surface area contributed by atoms with Crippen molar-refractivity contribution in [3.63, 3.8) is 0 Å². The number of carbonyl (C=O) groups excluding carboxylic acids is 1. The van der Waals surface area contributed by atoms with Crippen LogP contribution in [0.15, 0.2) is 0 Å². The first-order chi connectivity index (χ1) is 6.45. The van der Waals surface area contributed by atoms with Crippen LogP contribution in [-0.4, -0.2) is 74.1 Å². The zero-order valence-corrected chi connectivity index (χ0v) is 7.26. The molecule has 0 aromatic heterocycles. The molecule has 0 saturated heterocycles. The van der Waals surface area contributed by atoms with Gasteiger partial charge in [-0.15, -0.1) is 0 Å². The van der Waals surface area contributed by atoms with Gasteiger partial charge in [0.1, 0.15) is 30.5 Å². The van der Waals surface area contributed by atoms with Crippen molar-refractivity contribution in [1.29, 1.82) is 0 Å². The van der Waals surface area contributed by atoms with E-state index in [1.807, 2.05) is 0 Å². The van der Waals surface area contributed by atoms with Crippen LogP contribution in [-0.2, 0) is 4.79 Å².